The van der Waals surface area contributed by atoms with Crippen LogP contribution in [0, 0.1) is 0 Å². The Morgan fingerprint density at radius 2 is 1.69 bits per heavy atom. The van der Waals surface area contributed by atoms with Crippen LogP contribution < -0.4 is 22.0 Å². The Morgan fingerprint density at radius 3 is 2.36 bits per heavy atom. The van der Waals surface area contributed by atoms with Gasteiger partial charge in [0, 0.05) is 23.4 Å². The molecule has 5 aromatic rings. The summed E-state index contributed by atoms with van der Waals surface area (Å²) >= 11 is 0. The molecule has 39 heavy (non-hydrogen) atoms. The van der Waals surface area contributed by atoms with Gasteiger partial charge in [0.15, 0.2) is 6.39 Å². The van der Waals surface area contributed by atoms with Gasteiger partial charge in [-0.15, -0.1) is 9.50 Å². The van der Waals surface area contributed by atoms with Crippen LogP contribution in [-0.4, -0.2) is 29.9 Å². The van der Waals surface area contributed by atoms with Crippen LogP contribution in [-0.2, 0) is 19.3 Å². The Bertz CT molecular complexity index is 1800. The Kier molecular flexibility index (Phi) is 6.03. The third kappa shape index (κ3) is 4.87. The van der Waals surface area contributed by atoms with E-state index in [1.165, 1.54) is 6.07 Å². The third-order valence-electron chi connectivity index (χ3n) is 5.69. The number of fused-ring (bicyclic) bond motifs is 1. The van der Waals surface area contributed by atoms with E-state index in [9.17, 15) is 35.9 Å². The van der Waals surface area contributed by atoms with Crippen LogP contribution in [0.1, 0.15) is 11.5 Å². The minimum atomic E-state index is -4.89. The van der Waals surface area contributed by atoms with Gasteiger partial charge in [0.25, 0.3) is 5.56 Å². The first kappa shape index (κ1) is 25.7. The molecule has 3 N–H and O–H groups in total. The number of anilines is 1. The molecule has 4 aromatic heterocycles. The number of halogens is 6. The second kappa shape index (κ2) is 9.14. The summed E-state index contributed by atoms with van der Waals surface area (Å²) in [5, 5.41) is 4.17. The number of nitrogens with two attached hydrogens (primary N) is 1. The van der Waals surface area contributed by atoms with Crippen molar-refractivity contribution in [3.05, 3.63) is 87.3 Å². The summed E-state index contributed by atoms with van der Waals surface area (Å²) in [6, 6.07) is 10.5. The number of alkyl halides is 6. The number of aromatic nitrogens is 6. The molecule has 0 saturated carbocycles. The van der Waals surface area contributed by atoms with Crippen LogP contribution in [0.25, 0.3) is 28.0 Å². The van der Waals surface area contributed by atoms with Crippen molar-refractivity contribution in [1.82, 2.24) is 23.7 Å². The number of hydrogen-bond donors (Lipinski definition) is 1. The molecule has 0 spiro atoms. The summed E-state index contributed by atoms with van der Waals surface area (Å²) in [6.07, 6.45) is -8.08. The number of pyridine rings is 1. The number of nitrogens with one attached hydrogen (secondary N) is 1. The highest BCUT2D eigenvalue weighted by Crippen LogP contribution is 2.33. The normalized spacial score (nSPS) is 12.4. The quantitative estimate of drug-likeness (QED) is 0.334. The molecule has 0 aliphatic carbocycles. The fourth-order valence-electron chi connectivity index (χ4n) is 4.09. The largest absolute Gasteiger partial charge is 0.451 e. The van der Waals surface area contributed by atoms with Crippen molar-refractivity contribution in [3.8, 4) is 22.4 Å². The Hall–Kier alpha value is -4.89. The van der Waals surface area contributed by atoms with E-state index >= 15 is 0 Å². The van der Waals surface area contributed by atoms with E-state index in [1.54, 1.807) is 30.3 Å². The highest BCUT2D eigenvalue weighted by atomic mass is 19.4. The van der Waals surface area contributed by atoms with Gasteiger partial charge in [-0.3, -0.25) is 10.5 Å². The van der Waals surface area contributed by atoms with E-state index in [0.717, 1.165) is 16.7 Å². The van der Waals surface area contributed by atoms with Gasteiger partial charge < -0.3 is 8.98 Å². The maximum atomic E-state index is 13.3. The van der Waals surface area contributed by atoms with Crippen LogP contribution in [0.4, 0.5) is 32.3 Å². The lowest BCUT2D eigenvalue weighted by molar-refractivity contribution is -0.351. The summed E-state index contributed by atoms with van der Waals surface area (Å²) in [4.78, 5) is 31.7. The zero-order valence-electron chi connectivity index (χ0n) is 19.4. The molecule has 1 aromatic carbocycles. The molecule has 0 amide bonds. The topological polar surface area (TPSA) is 127 Å². The molecule has 202 valence electrons. The van der Waals surface area contributed by atoms with Crippen LogP contribution in [0.3, 0.4) is 0 Å². The van der Waals surface area contributed by atoms with E-state index in [0.29, 0.717) is 21.2 Å². The van der Waals surface area contributed by atoms with E-state index in [1.807, 2.05) is 0 Å². The van der Waals surface area contributed by atoms with Crippen molar-refractivity contribution < 1.29 is 35.7 Å². The zero-order chi connectivity index (χ0) is 28.1. The lowest BCUT2D eigenvalue weighted by atomic mass is 10.0. The minimum Gasteiger partial charge on any atom is -0.439 e. The molecular weight excluding hydrogens is 536 g/mol. The van der Waals surface area contributed by atoms with Gasteiger partial charge in [-0.2, -0.15) is 31.0 Å². The molecule has 0 bridgehead atoms. The number of benzene rings is 1. The number of nitrogen functional groups attached to an aromatic ring is 1. The number of oxazole rings is 1. The van der Waals surface area contributed by atoms with Crippen molar-refractivity contribution in [2.45, 2.75) is 25.4 Å². The van der Waals surface area contributed by atoms with E-state index in [-0.39, 0.29) is 28.4 Å². The molecule has 0 atom stereocenters. The maximum absolute atomic E-state index is 13.3. The average Bonchev–Trinajstić information content (AvgIpc) is 3.45. The molecule has 0 aliphatic heterocycles. The second-order valence-electron chi connectivity index (χ2n) is 8.35. The van der Waals surface area contributed by atoms with Crippen molar-refractivity contribution >= 4 is 11.6 Å². The van der Waals surface area contributed by atoms with Crippen molar-refractivity contribution in [2.24, 2.45) is 0 Å². The molecule has 0 radical (unpaired) electrons. The van der Waals surface area contributed by atoms with Gasteiger partial charge in [-0.25, -0.2) is 14.8 Å². The van der Waals surface area contributed by atoms with E-state index in [2.05, 4.69) is 19.5 Å². The number of rotatable bonds is 5. The fourth-order valence-corrected chi connectivity index (χ4v) is 4.09. The monoisotopic (exact) mass is 552 g/mol. The summed E-state index contributed by atoms with van der Waals surface area (Å²) in [5.41, 5.74) is 4.24. The summed E-state index contributed by atoms with van der Waals surface area (Å²) in [5.74, 6) is -1.68. The van der Waals surface area contributed by atoms with Crippen LogP contribution in [0.2, 0.25) is 0 Å². The van der Waals surface area contributed by atoms with Gasteiger partial charge in [-0.1, -0.05) is 30.3 Å². The molecular formula is C23H16F6N7O3+. The second-order valence-corrected chi connectivity index (χ2v) is 8.35. The van der Waals surface area contributed by atoms with Gasteiger partial charge in [0.1, 0.15) is 17.9 Å². The Labute approximate surface area is 212 Å². The maximum Gasteiger partial charge on any atom is 0.451 e. The minimum absolute atomic E-state index is 0.0496. The first-order chi connectivity index (χ1) is 18.3. The summed E-state index contributed by atoms with van der Waals surface area (Å²) < 4.78 is 85.6. The summed E-state index contributed by atoms with van der Waals surface area (Å²) in [6.45, 7) is -2.33. The molecule has 0 fully saturated rings. The molecule has 10 nitrogen and oxygen atoms in total. The highest BCUT2D eigenvalue weighted by molar-refractivity contribution is 5.88. The highest BCUT2D eigenvalue weighted by Gasteiger charge is 2.39. The lowest BCUT2D eigenvalue weighted by Gasteiger charge is -2.13. The standard InChI is InChI=1S/C23H15F6N7O3/c24-22(25,26)10-34-8-13(6-7-15(34)37)16-17(12-4-2-1-3-5-12)32-20(30)36-19(16)33-35(21(36)38)9-14-18(23(27,28)29)39-11-31-14/h1-8,11H,9-10H2,(H2,30,32)/p+1. The summed E-state index contributed by atoms with van der Waals surface area (Å²) in [7, 11) is 0. The van der Waals surface area contributed by atoms with Gasteiger partial charge in [0.2, 0.25) is 11.4 Å². The average molecular weight is 552 g/mol. The molecule has 5 rings (SSSR count). The Morgan fingerprint density at radius 1 is 0.974 bits per heavy atom. The smallest absolute Gasteiger partial charge is 0.439 e. The zero-order valence-corrected chi connectivity index (χ0v) is 19.4. The van der Waals surface area contributed by atoms with Crippen LogP contribution >= 0.6 is 0 Å². The molecule has 0 saturated heterocycles. The third-order valence-corrected chi connectivity index (χ3v) is 5.69. The lowest BCUT2D eigenvalue weighted by Crippen LogP contribution is -2.29. The SMILES string of the molecule is Nc1[nH+]c(-c2ccccc2)c(-c2ccc(=O)n(CC(F)(F)F)c2)c2nn(Cc3ncoc3C(F)(F)F)c(=O)n12. The molecule has 4 heterocycles. The molecule has 16 heteroatoms. The predicted octanol–water partition coefficient (Wildman–Crippen LogP) is 3.01. The van der Waals surface area contributed by atoms with Crippen LogP contribution in [0.5, 0.6) is 0 Å². The van der Waals surface area contributed by atoms with E-state index < -0.39 is 48.1 Å². The van der Waals surface area contributed by atoms with Crippen molar-refractivity contribution in [2.75, 3.05) is 5.73 Å². The van der Waals surface area contributed by atoms with E-state index in [4.69, 9.17) is 5.73 Å². The molecule has 0 aliphatic rings. The predicted molar refractivity (Wildman–Crippen MR) is 122 cm³/mol. The Balaban J connectivity index is 1.78. The van der Waals surface area contributed by atoms with Crippen molar-refractivity contribution in [3.63, 3.8) is 0 Å². The fraction of sp³-hybridized carbons (Fsp3) is 0.174. The van der Waals surface area contributed by atoms with Gasteiger partial charge in [-0.05, 0) is 6.07 Å². The number of nitrogens with zero attached hydrogens (tertiary/aromatic N) is 5. The van der Waals surface area contributed by atoms with Crippen LogP contribution in [0.15, 0.2) is 69.1 Å². The molecule has 0 unspecified atom stereocenters. The first-order valence-electron chi connectivity index (χ1n) is 11.0. The first-order valence-corrected chi connectivity index (χ1v) is 11.0. The van der Waals surface area contributed by atoms with Crippen molar-refractivity contribution in [1.29, 1.82) is 0 Å². The number of hydrogen-bond acceptors (Lipinski definition) is 6. The van der Waals surface area contributed by atoms with Gasteiger partial charge in [0.05, 0.1) is 12.1 Å². The number of aromatic amines is 1. The van der Waals surface area contributed by atoms with Gasteiger partial charge >= 0.3 is 24.0 Å². The number of H-pyrrole nitrogens is 1.